The summed E-state index contributed by atoms with van der Waals surface area (Å²) in [6.07, 6.45) is 0.596. The molecule has 4 aromatic rings. The molecule has 4 amide bonds. The van der Waals surface area contributed by atoms with E-state index < -0.39 is 63.7 Å². The van der Waals surface area contributed by atoms with E-state index in [1.165, 1.54) is 40.1 Å². The third-order valence-electron chi connectivity index (χ3n) is 13.7. The smallest absolute Gasteiger partial charge is 0.323 e. The van der Waals surface area contributed by atoms with Crippen LogP contribution in [0.5, 0.6) is 0 Å². The minimum Gasteiger partial charge on any atom is -0.464 e. The maximum Gasteiger partial charge on any atom is 0.323 e. The first-order chi connectivity index (χ1) is 33.0. The summed E-state index contributed by atoms with van der Waals surface area (Å²) in [5.74, 6) is -3.26. The van der Waals surface area contributed by atoms with Gasteiger partial charge < -0.3 is 29.2 Å². The topological polar surface area (TPSA) is 168 Å². The van der Waals surface area contributed by atoms with Crippen LogP contribution < -0.4 is 10.7 Å². The molecule has 2 fully saturated rings. The Morgan fingerprint density at radius 2 is 1.84 bits per heavy atom. The predicted octanol–water partition coefficient (Wildman–Crippen LogP) is 5.80. The van der Waals surface area contributed by atoms with Crippen molar-refractivity contribution in [1.29, 1.82) is 0 Å². The number of aromatic nitrogens is 3. The van der Waals surface area contributed by atoms with Gasteiger partial charge in [-0.15, -0.1) is 0 Å². The number of nitrogens with one attached hydrogen (secondary N) is 2. The quantitative estimate of drug-likeness (QED) is 0.107. The summed E-state index contributed by atoms with van der Waals surface area (Å²) >= 11 is 0. The Kier molecular flexibility index (Phi) is 15.4. The fraction of sp³-hybridized carbons (Fsp3) is 0.510. The average molecular weight is 993 g/mol. The number of pyridine rings is 2. The highest BCUT2D eigenvalue weighted by Crippen LogP contribution is 2.43. The summed E-state index contributed by atoms with van der Waals surface area (Å²) in [6, 6.07) is 9.62. The van der Waals surface area contributed by atoms with Crippen molar-refractivity contribution >= 4 is 61.0 Å². The molecule has 15 nitrogen and oxygen atoms in total. The van der Waals surface area contributed by atoms with Crippen LogP contribution in [0.3, 0.4) is 0 Å². The number of alkyl halides is 2. The number of likely N-dealkylation sites (N-methyl/N-ethyl adjacent to an activating group) is 1. The number of amides is 4. The number of carbonyl (C=O) groups is 5. The first-order valence-electron chi connectivity index (χ1n) is 23.7. The highest BCUT2D eigenvalue weighted by Gasteiger charge is 2.47. The van der Waals surface area contributed by atoms with Crippen molar-refractivity contribution in [3.63, 3.8) is 0 Å². The second kappa shape index (κ2) is 20.6. The van der Waals surface area contributed by atoms with E-state index in [4.69, 9.17) is 19.4 Å². The lowest BCUT2D eigenvalue weighted by molar-refractivity contribution is -0.158. The molecule has 1 aromatic carbocycles. The number of hydrogen-bond donors (Lipinski definition) is 2. The number of benzene rings is 1. The fourth-order valence-electron chi connectivity index (χ4n) is 10.1. The molecule has 7 rings (SSSR count). The lowest BCUT2D eigenvalue weighted by Gasteiger charge is -2.42. The molecule has 1 unspecified atom stereocenters. The molecule has 5 atom stereocenters. The molecule has 6 heterocycles. The minimum atomic E-state index is -2.92. The van der Waals surface area contributed by atoms with Crippen LogP contribution in [0.4, 0.5) is 8.78 Å². The van der Waals surface area contributed by atoms with Gasteiger partial charge in [0, 0.05) is 102 Å². The first kappa shape index (κ1) is 52.2. The second-order valence-electron chi connectivity index (χ2n) is 19.9. The summed E-state index contributed by atoms with van der Waals surface area (Å²) in [6.45, 7) is 16.1. The lowest BCUT2D eigenvalue weighted by atomic mass is 9.84. The number of methoxy groups -OCH3 is 1. The second-order valence-corrected chi connectivity index (χ2v) is 21.7. The van der Waals surface area contributed by atoms with Gasteiger partial charge >= 0.3 is 5.97 Å². The third-order valence-corrected chi connectivity index (χ3v) is 14.9. The average Bonchev–Trinajstić information content (AvgIpc) is 3.88. The van der Waals surface area contributed by atoms with E-state index in [1.54, 1.807) is 27.2 Å². The van der Waals surface area contributed by atoms with Crippen molar-refractivity contribution in [1.82, 2.24) is 40.1 Å². The standard InChI is InChI=1S/C51H62F2N8O7Si2/c1-10-40(62)59-21-18-50(69,27-59)47(65)58(8)42(29(3)4)45(63)56-38-25-33-22-32(44(52)53)24-37(55-33)31-15-16-39-35(23-31)36(43(60(39)11-2)34-14-12-19-54-41(34)30(5)67-9)26-49(6,7)28-68-48(66)51(70)17-13-20-61(57-51)46(38)64/h10,12,14-16,19,22-24,29-30,38,42,44,57H,1,11,13,17-18,20-21,25-28H2,2-9H3,(H,56,63)/t30-,38-,42-,50?,51-/m0/s1. The van der Waals surface area contributed by atoms with E-state index >= 15 is 8.78 Å². The number of nitrogens with zero attached hydrogens (tertiary/aromatic N) is 6. The van der Waals surface area contributed by atoms with Gasteiger partial charge in [0.1, 0.15) is 17.2 Å². The molecule has 70 heavy (non-hydrogen) atoms. The molecule has 2 N–H and O–H groups in total. The number of aryl methyl sites for hydroxylation is 1. The molecule has 6 radical (unpaired) electrons. The van der Waals surface area contributed by atoms with Crippen LogP contribution in [0, 0.1) is 11.3 Å². The van der Waals surface area contributed by atoms with Gasteiger partial charge in [-0.1, -0.05) is 40.3 Å². The molecular weight excluding hydrogens is 931 g/mol. The number of esters is 1. The van der Waals surface area contributed by atoms with E-state index in [1.807, 2.05) is 58.0 Å². The largest absolute Gasteiger partial charge is 0.464 e. The highest BCUT2D eigenvalue weighted by atomic mass is 28.1. The van der Waals surface area contributed by atoms with Crippen LogP contribution in [-0.4, -0.2) is 137 Å². The maximum atomic E-state index is 15.0. The number of carbonyl (C=O) groups excluding carboxylic acids is 5. The number of rotatable bonds is 11. The molecule has 0 aliphatic carbocycles. The zero-order valence-electron chi connectivity index (χ0n) is 41.2. The molecule has 370 valence electrons. The van der Waals surface area contributed by atoms with Crippen LogP contribution in [0.1, 0.15) is 95.8 Å². The van der Waals surface area contributed by atoms with Crippen molar-refractivity contribution < 1.29 is 42.2 Å². The summed E-state index contributed by atoms with van der Waals surface area (Å²) in [7, 11) is 10.4. The zero-order chi connectivity index (χ0) is 51.0. The van der Waals surface area contributed by atoms with E-state index in [0.29, 0.717) is 31.5 Å². The van der Waals surface area contributed by atoms with Crippen LogP contribution >= 0.6 is 0 Å². The van der Waals surface area contributed by atoms with Gasteiger partial charge in [-0.25, -0.2) is 14.2 Å². The fourth-order valence-corrected chi connectivity index (χ4v) is 10.9. The number of fused-ring (bicyclic) bond motifs is 6. The Morgan fingerprint density at radius 3 is 2.51 bits per heavy atom. The Bertz CT molecular complexity index is 2700. The van der Waals surface area contributed by atoms with Gasteiger partial charge in [-0.2, -0.15) is 0 Å². The molecule has 0 spiro atoms. The number of hydrogen-bond acceptors (Lipinski definition) is 10. The molecule has 0 saturated carbocycles. The normalized spacial score (nSPS) is 22.7. The van der Waals surface area contributed by atoms with E-state index in [9.17, 15) is 24.0 Å². The van der Waals surface area contributed by atoms with Crippen LogP contribution in [0.2, 0.25) is 5.04 Å². The SMILES string of the molecule is C=CC(=O)N1CCC([Si])(C(=O)N(C)[C@H](C(=O)N[C@H]2Cc3cc(C(F)F)cc(n3)-c3ccc4c(c3)c(c(-c3cccnc3[C@H](C)OC)n4CC)CC(C)(C)COC(=O)[C@@]3([Si])CCCN(N3)C2=O)C(C)C)C1. The molecular formula is C51H62F2N8O7Si2. The Morgan fingerprint density at radius 1 is 1.10 bits per heavy atom. The van der Waals surface area contributed by atoms with Crippen LogP contribution in [0.25, 0.3) is 33.4 Å². The summed E-state index contributed by atoms with van der Waals surface area (Å²) in [4.78, 5) is 83.0. The molecule has 19 heteroatoms. The van der Waals surface area contributed by atoms with E-state index in [2.05, 4.69) is 42.4 Å². The van der Waals surface area contributed by atoms with Crippen molar-refractivity contribution in [2.75, 3.05) is 40.4 Å². The molecule has 2 saturated heterocycles. The van der Waals surface area contributed by atoms with Crippen molar-refractivity contribution in [3.8, 4) is 22.5 Å². The molecule has 6 bridgehead atoms. The zero-order valence-corrected chi connectivity index (χ0v) is 43.2. The monoisotopic (exact) mass is 992 g/mol. The number of ether oxygens (including phenoxy) is 2. The van der Waals surface area contributed by atoms with Crippen molar-refractivity contribution in [3.05, 3.63) is 83.8 Å². The first-order valence-corrected chi connectivity index (χ1v) is 24.7. The summed E-state index contributed by atoms with van der Waals surface area (Å²) in [5.41, 5.74) is 7.19. The van der Waals surface area contributed by atoms with Gasteiger partial charge in [-0.05, 0) is 93.5 Å². The Hall–Kier alpha value is -5.64. The van der Waals surface area contributed by atoms with Crippen LogP contribution in [0.15, 0.2) is 61.3 Å². The predicted molar refractivity (Wildman–Crippen MR) is 262 cm³/mol. The highest BCUT2D eigenvalue weighted by molar-refractivity contribution is 6.29. The number of halogens is 2. The third kappa shape index (κ3) is 10.4. The van der Waals surface area contributed by atoms with Gasteiger partial charge in [0.15, 0.2) is 0 Å². The maximum absolute atomic E-state index is 15.0. The minimum absolute atomic E-state index is 0.0129. The molecule has 3 aromatic heterocycles. The van der Waals surface area contributed by atoms with Crippen LogP contribution in [-0.2, 0) is 52.8 Å². The van der Waals surface area contributed by atoms with Crippen molar-refractivity contribution in [2.24, 2.45) is 11.3 Å². The van der Waals surface area contributed by atoms with Gasteiger partial charge in [-0.3, -0.25) is 38.9 Å². The number of likely N-dealkylation sites (tertiary alicyclic amines) is 1. The Labute approximate surface area is 414 Å². The number of hydrazine groups is 1. The van der Waals surface area contributed by atoms with Gasteiger partial charge in [0.2, 0.25) is 17.7 Å². The molecule has 3 aliphatic heterocycles. The van der Waals surface area contributed by atoms with E-state index in [-0.39, 0.29) is 67.9 Å². The summed E-state index contributed by atoms with van der Waals surface area (Å²) < 4.78 is 44.2. The van der Waals surface area contributed by atoms with Gasteiger partial charge in [0.25, 0.3) is 12.3 Å². The van der Waals surface area contributed by atoms with E-state index in [0.717, 1.165) is 33.4 Å². The lowest BCUT2D eigenvalue weighted by Crippen LogP contribution is -2.67. The van der Waals surface area contributed by atoms with Gasteiger partial charge in [0.05, 0.1) is 45.1 Å². The summed E-state index contributed by atoms with van der Waals surface area (Å²) in [5, 5.41) is 2.20. The Balaban J connectivity index is 1.36. The molecule has 3 aliphatic rings. The number of cyclic esters (lactones) is 1. The van der Waals surface area contributed by atoms with Crippen molar-refractivity contribution in [2.45, 2.75) is 115 Å².